The van der Waals surface area contributed by atoms with E-state index in [0.717, 1.165) is 29.3 Å². The van der Waals surface area contributed by atoms with E-state index in [2.05, 4.69) is 48.1 Å². The Hall–Kier alpha value is -1.84. The number of hydrogen-bond donors (Lipinski definition) is 1. The van der Waals surface area contributed by atoms with Gasteiger partial charge in [-0.1, -0.05) is 20.8 Å². The van der Waals surface area contributed by atoms with E-state index in [1.54, 1.807) is 36.6 Å². The molecule has 1 aliphatic rings. The third-order valence-electron chi connectivity index (χ3n) is 5.24. The van der Waals surface area contributed by atoms with E-state index < -0.39 is 0 Å². The Bertz CT molecular complexity index is 921. The fourth-order valence-electron chi connectivity index (χ4n) is 3.51. The fourth-order valence-corrected chi connectivity index (χ4v) is 5.33. The van der Waals surface area contributed by atoms with Crippen LogP contribution in [0.4, 0.5) is 5.00 Å². The van der Waals surface area contributed by atoms with Gasteiger partial charge in [-0.2, -0.15) is 5.26 Å². The van der Waals surface area contributed by atoms with Crippen LogP contribution in [0.3, 0.4) is 0 Å². The molecule has 2 aromatic rings. The number of nitrogens with one attached hydrogen (secondary N) is 1. The molecule has 1 heterocycles. The van der Waals surface area contributed by atoms with Gasteiger partial charge in [-0.25, -0.2) is 0 Å². The zero-order chi connectivity index (χ0) is 19.8. The molecule has 0 bridgehead atoms. The third-order valence-corrected chi connectivity index (χ3v) is 7.03. The van der Waals surface area contributed by atoms with Crippen LogP contribution in [-0.2, 0) is 12.8 Å². The second-order valence-electron chi connectivity index (χ2n) is 7.93. The summed E-state index contributed by atoms with van der Waals surface area (Å²) in [6.07, 6.45) is 2.96. The van der Waals surface area contributed by atoms with Gasteiger partial charge < -0.3 is 10.1 Å². The highest BCUT2D eigenvalue weighted by atomic mass is 79.9. The van der Waals surface area contributed by atoms with Crippen LogP contribution in [0.2, 0.25) is 0 Å². The van der Waals surface area contributed by atoms with Crippen molar-refractivity contribution >= 4 is 38.2 Å². The van der Waals surface area contributed by atoms with Gasteiger partial charge in [0, 0.05) is 10.4 Å². The first-order valence-corrected chi connectivity index (χ1v) is 10.5. The Morgan fingerprint density at radius 1 is 1.41 bits per heavy atom. The number of methoxy groups -OCH3 is 1. The van der Waals surface area contributed by atoms with Crippen molar-refractivity contribution in [3.63, 3.8) is 0 Å². The van der Waals surface area contributed by atoms with Gasteiger partial charge >= 0.3 is 0 Å². The largest absolute Gasteiger partial charge is 0.496 e. The molecule has 1 unspecified atom stereocenters. The zero-order valence-electron chi connectivity index (χ0n) is 16.0. The quantitative estimate of drug-likeness (QED) is 0.648. The first-order valence-electron chi connectivity index (χ1n) is 8.94. The standard InChI is InChI=1S/C21H23BrN2O2S/c1-21(2,3)13-6-7-14-15(11-23)20(27-18(14)10-13)24-19(25)12-5-8-17(26-4)16(22)9-12/h5,8-9,13H,6-7,10H2,1-4H3,(H,24,25). The van der Waals surface area contributed by atoms with Crippen molar-refractivity contribution in [3.05, 3.63) is 44.2 Å². The van der Waals surface area contributed by atoms with Crippen molar-refractivity contribution in [1.29, 1.82) is 5.26 Å². The van der Waals surface area contributed by atoms with Crippen molar-refractivity contribution in [2.24, 2.45) is 11.3 Å². The summed E-state index contributed by atoms with van der Waals surface area (Å²) in [4.78, 5) is 13.9. The maximum absolute atomic E-state index is 12.7. The van der Waals surface area contributed by atoms with Gasteiger partial charge in [-0.3, -0.25) is 4.79 Å². The minimum Gasteiger partial charge on any atom is -0.496 e. The molecule has 0 aliphatic heterocycles. The number of nitrogens with zero attached hydrogens (tertiary/aromatic N) is 1. The lowest BCUT2D eigenvalue weighted by Crippen LogP contribution is -2.26. The van der Waals surface area contributed by atoms with Crippen LogP contribution in [0.25, 0.3) is 0 Å². The predicted octanol–water partition coefficient (Wildman–Crippen LogP) is 5.79. The van der Waals surface area contributed by atoms with Gasteiger partial charge in [0.2, 0.25) is 0 Å². The Morgan fingerprint density at radius 2 is 2.15 bits per heavy atom. The van der Waals surface area contributed by atoms with Crippen molar-refractivity contribution in [3.8, 4) is 11.8 Å². The lowest BCUT2D eigenvalue weighted by Gasteiger charge is -2.33. The SMILES string of the molecule is COc1ccc(C(=O)Nc2sc3c(c2C#N)CCC(C(C)(C)C)C3)cc1Br. The molecule has 1 aromatic carbocycles. The second-order valence-corrected chi connectivity index (χ2v) is 9.89. The molecule has 1 aromatic heterocycles. The van der Waals surface area contributed by atoms with Crippen molar-refractivity contribution in [2.45, 2.75) is 40.0 Å². The number of carbonyl (C=O) groups is 1. The fraction of sp³-hybridized carbons (Fsp3) is 0.429. The minimum atomic E-state index is -0.221. The highest BCUT2D eigenvalue weighted by Gasteiger charge is 2.32. The van der Waals surface area contributed by atoms with Crippen LogP contribution < -0.4 is 10.1 Å². The van der Waals surface area contributed by atoms with Crippen molar-refractivity contribution < 1.29 is 9.53 Å². The predicted molar refractivity (Wildman–Crippen MR) is 113 cm³/mol. The lowest BCUT2D eigenvalue weighted by atomic mass is 9.72. The van der Waals surface area contributed by atoms with Crippen molar-refractivity contribution in [2.75, 3.05) is 12.4 Å². The van der Waals surface area contributed by atoms with Gasteiger partial charge in [-0.15, -0.1) is 11.3 Å². The van der Waals surface area contributed by atoms with Gasteiger partial charge in [0.25, 0.3) is 5.91 Å². The van der Waals surface area contributed by atoms with Gasteiger partial charge in [0.15, 0.2) is 0 Å². The number of hydrogen-bond acceptors (Lipinski definition) is 4. The summed E-state index contributed by atoms with van der Waals surface area (Å²) in [5.41, 5.74) is 2.51. The minimum absolute atomic E-state index is 0.221. The van der Waals surface area contributed by atoms with Gasteiger partial charge in [0.1, 0.15) is 16.8 Å². The molecule has 0 fully saturated rings. The van der Waals surface area contributed by atoms with E-state index >= 15 is 0 Å². The normalized spacial score (nSPS) is 16.4. The van der Waals surface area contributed by atoms with Crippen LogP contribution in [0.1, 0.15) is 53.6 Å². The Morgan fingerprint density at radius 3 is 2.74 bits per heavy atom. The number of amides is 1. The Balaban J connectivity index is 1.86. The molecule has 1 amide bonds. The number of carbonyl (C=O) groups excluding carboxylic acids is 1. The summed E-state index contributed by atoms with van der Waals surface area (Å²) >= 11 is 4.96. The number of nitriles is 1. The number of rotatable bonds is 3. The number of fused-ring (bicyclic) bond motifs is 1. The summed E-state index contributed by atoms with van der Waals surface area (Å²) < 4.78 is 5.93. The molecule has 1 N–H and O–H groups in total. The van der Waals surface area contributed by atoms with Gasteiger partial charge in [0.05, 0.1) is 17.1 Å². The molecule has 0 radical (unpaired) electrons. The van der Waals surface area contributed by atoms with E-state index in [4.69, 9.17) is 4.74 Å². The van der Waals surface area contributed by atoms with Crippen LogP contribution >= 0.6 is 27.3 Å². The highest BCUT2D eigenvalue weighted by Crippen LogP contribution is 2.44. The summed E-state index contributed by atoms with van der Waals surface area (Å²) in [5.74, 6) is 1.04. The van der Waals surface area contributed by atoms with Crippen LogP contribution in [0.15, 0.2) is 22.7 Å². The molecule has 142 valence electrons. The molecule has 1 aliphatic carbocycles. The van der Waals surface area contributed by atoms with Crippen LogP contribution in [-0.4, -0.2) is 13.0 Å². The molecule has 0 saturated carbocycles. The molecule has 27 heavy (non-hydrogen) atoms. The molecule has 4 nitrogen and oxygen atoms in total. The van der Waals surface area contributed by atoms with E-state index in [1.165, 1.54) is 4.88 Å². The molecular weight excluding hydrogens is 424 g/mol. The second kappa shape index (κ2) is 7.65. The number of thiophene rings is 1. The number of benzene rings is 1. The molecular formula is C21H23BrN2O2S. The molecule has 6 heteroatoms. The average Bonchev–Trinajstić information content (AvgIpc) is 2.96. The maximum Gasteiger partial charge on any atom is 0.256 e. The first-order chi connectivity index (χ1) is 12.7. The topological polar surface area (TPSA) is 62.1 Å². The maximum atomic E-state index is 12.7. The number of anilines is 1. The van der Waals surface area contributed by atoms with E-state index in [0.29, 0.717) is 27.8 Å². The third kappa shape index (κ3) is 4.04. The average molecular weight is 447 g/mol. The summed E-state index contributed by atoms with van der Waals surface area (Å²) in [7, 11) is 1.58. The Labute approximate surface area is 172 Å². The summed E-state index contributed by atoms with van der Waals surface area (Å²) in [6.45, 7) is 6.81. The number of ether oxygens (including phenoxy) is 1. The molecule has 0 saturated heterocycles. The van der Waals surface area contributed by atoms with E-state index in [1.807, 2.05) is 0 Å². The number of halogens is 1. The highest BCUT2D eigenvalue weighted by molar-refractivity contribution is 9.10. The first kappa shape index (κ1) is 19.9. The van der Waals surface area contributed by atoms with E-state index in [9.17, 15) is 10.1 Å². The van der Waals surface area contributed by atoms with Crippen molar-refractivity contribution in [1.82, 2.24) is 0 Å². The Kier molecular flexibility index (Phi) is 5.64. The van der Waals surface area contributed by atoms with Gasteiger partial charge in [-0.05, 0) is 70.3 Å². The zero-order valence-corrected chi connectivity index (χ0v) is 18.4. The smallest absolute Gasteiger partial charge is 0.256 e. The lowest BCUT2D eigenvalue weighted by molar-refractivity contribution is 0.102. The molecule has 0 spiro atoms. The summed E-state index contributed by atoms with van der Waals surface area (Å²) in [5, 5.41) is 13.3. The van der Waals surface area contributed by atoms with Crippen LogP contribution in [0, 0.1) is 22.7 Å². The van der Waals surface area contributed by atoms with E-state index in [-0.39, 0.29) is 11.3 Å². The summed E-state index contributed by atoms with van der Waals surface area (Å²) in [6, 6.07) is 7.50. The molecule has 3 rings (SSSR count). The monoisotopic (exact) mass is 446 g/mol. The molecule has 1 atom stereocenters. The van der Waals surface area contributed by atoms with Crippen LogP contribution in [0.5, 0.6) is 5.75 Å².